The van der Waals surface area contributed by atoms with Crippen LogP contribution in [0.4, 0.5) is 0 Å². The van der Waals surface area contributed by atoms with E-state index in [1.54, 1.807) is 24.5 Å². The standard InChI is InChI=1S/C15H11N5O/c16-14(21)9-4-2-1-3-8(9)12-10-5-6-17-15(10)19-11-7-18-20-13(11)12/h1-7,18,20H,(H2,16,21). The van der Waals surface area contributed by atoms with Gasteiger partial charge in [-0.1, -0.05) is 18.2 Å². The van der Waals surface area contributed by atoms with Crippen molar-refractivity contribution in [3.8, 4) is 11.1 Å². The third-order valence-electron chi connectivity index (χ3n) is 3.55. The second-order valence-corrected chi connectivity index (χ2v) is 4.75. The molecule has 1 amide bonds. The zero-order valence-corrected chi connectivity index (χ0v) is 10.9. The molecule has 0 aliphatic carbocycles. The van der Waals surface area contributed by atoms with Gasteiger partial charge in [-0.25, -0.2) is 9.97 Å². The Labute approximate surface area is 119 Å². The summed E-state index contributed by atoms with van der Waals surface area (Å²) in [5.41, 5.74) is 9.85. The van der Waals surface area contributed by atoms with E-state index in [9.17, 15) is 4.79 Å². The van der Waals surface area contributed by atoms with Gasteiger partial charge >= 0.3 is 0 Å². The lowest BCUT2D eigenvalue weighted by Gasteiger charge is -2.09. The molecule has 0 spiro atoms. The molecule has 0 aliphatic heterocycles. The maximum atomic E-state index is 11.7. The molecular formula is C15H11N5O. The van der Waals surface area contributed by atoms with Crippen molar-refractivity contribution in [1.82, 2.24) is 20.2 Å². The van der Waals surface area contributed by atoms with Crippen molar-refractivity contribution in [2.24, 2.45) is 5.73 Å². The summed E-state index contributed by atoms with van der Waals surface area (Å²) in [5.74, 6) is -0.459. The molecule has 6 nitrogen and oxygen atoms in total. The topological polar surface area (TPSA) is 100 Å². The number of fused-ring (bicyclic) bond motifs is 2. The Morgan fingerprint density at radius 1 is 1.19 bits per heavy atom. The summed E-state index contributed by atoms with van der Waals surface area (Å²) in [6.07, 6.45) is 3.47. The molecule has 4 aromatic rings. The Morgan fingerprint density at radius 3 is 2.90 bits per heavy atom. The number of primary amides is 1. The SMILES string of the molecule is NC(=O)c1ccccc1-c1c2ccnc2nc2c[nH][nH]c12. The Kier molecular flexibility index (Phi) is 2.32. The fourth-order valence-electron chi connectivity index (χ4n) is 2.65. The van der Waals surface area contributed by atoms with Crippen LogP contribution in [0.5, 0.6) is 0 Å². The van der Waals surface area contributed by atoms with Gasteiger partial charge in [0.2, 0.25) is 5.91 Å². The number of hydrogen-bond acceptors (Lipinski definition) is 3. The van der Waals surface area contributed by atoms with E-state index in [4.69, 9.17) is 5.73 Å². The Hall–Kier alpha value is -3.15. The number of rotatable bonds is 2. The quantitative estimate of drug-likeness (QED) is 0.523. The third-order valence-corrected chi connectivity index (χ3v) is 3.55. The van der Waals surface area contributed by atoms with Crippen molar-refractivity contribution in [2.45, 2.75) is 0 Å². The van der Waals surface area contributed by atoms with Crippen molar-refractivity contribution in [3.63, 3.8) is 0 Å². The second kappa shape index (κ2) is 4.17. The molecule has 21 heavy (non-hydrogen) atoms. The lowest BCUT2D eigenvalue weighted by molar-refractivity contribution is 0.100. The lowest BCUT2D eigenvalue weighted by Crippen LogP contribution is -2.12. The highest BCUT2D eigenvalue weighted by Crippen LogP contribution is 2.34. The second-order valence-electron chi connectivity index (χ2n) is 4.75. The van der Waals surface area contributed by atoms with Crippen LogP contribution in [0, 0.1) is 0 Å². The van der Waals surface area contributed by atoms with E-state index in [0.717, 1.165) is 27.5 Å². The predicted molar refractivity (Wildman–Crippen MR) is 79.7 cm³/mol. The highest BCUT2D eigenvalue weighted by atomic mass is 16.1. The summed E-state index contributed by atoms with van der Waals surface area (Å²) >= 11 is 0. The molecule has 3 aromatic heterocycles. The van der Waals surface area contributed by atoms with Crippen LogP contribution < -0.4 is 5.73 Å². The van der Waals surface area contributed by atoms with Gasteiger partial charge in [-0.2, -0.15) is 0 Å². The van der Waals surface area contributed by atoms with E-state index in [1.165, 1.54) is 0 Å². The van der Waals surface area contributed by atoms with E-state index in [0.29, 0.717) is 11.2 Å². The summed E-state index contributed by atoms with van der Waals surface area (Å²) in [6.45, 7) is 0. The molecule has 0 unspecified atom stereocenters. The van der Waals surface area contributed by atoms with Crippen molar-refractivity contribution in [1.29, 1.82) is 0 Å². The molecule has 1 aromatic carbocycles. The first-order valence-corrected chi connectivity index (χ1v) is 6.45. The summed E-state index contributed by atoms with van der Waals surface area (Å²) in [4.78, 5) is 20.4. The molecule has 0 atom stereocenters. The molecule has 102 valence electrons. The van der Waals surface area contributed by atoms with Gasteiger partial charge in [0.05, 0.1) is 5.52 Å². The fraction of sp³-hybridized carbons (Fsp3) is 0. The Bertz CT molecular complexity index is 933. The Morgan fingerprint density at radius 2 is 2.05 bits per heavy atom. The van der Waals surface area contributed by atoms with Crippen molar-refractivity contribution in [2.75, 3.05) is 0 Å². The normalized spacial score (nSPS) is 11.2. The number of aromatic amines is 2. The van der Waals surface area contributed by atoms with E-state index < -0.39 is 5.91 Å². The lowest BCUT2D eigenvalue weighted by atomic mass is 9.96. The largest absolute Gasteiger partial charge is 0.366 e. The maximum absolute atomic E-state index is 11.7. The van der Waals surface area contributed by atoms with Gasteiger partial charge in [0.25, 0.3) is 0 Å². The van der Waals surface area contributed by atoms with E-state index >= 15 is 0 Å². The number of amides is 1. The first-order chi connectivity index (χ1) is 10.3. The summed E-state index contributed by atoms with van der Waals surface area (Å²) in [5, 5.41) is 6.88. The van der Waals surface area contributed by atoms with Gasteiger partial charge in [-0.05, 0) is 17.7 Å². The van der Waals surface area contributed by atoms with Crippen LogP contribution in [0.1, 0.15) is 10.4 Å². The number of carbonyl (C=O) groups is 1. The molecular weight excluding hydrogens is 266 g/mol. The van der Waals surface area contributed by atoms with Crippen LogP contribution in [-0.2, 0) is 0 Å². The number of pyridine rings is 1. The maximum Gasteiger partial charge on any atom is 0.249 e. The zero-order chi connectivity index (χ0) is 14.4. The monoisotopic (exact) mass is 277 g/mol. The average Bonchev–Trinajstić information content (AvgIpc) is 3.12. The van der Waals surface area contributed by atoms with Crippen molar-refractivity contribution >= 4 is 28.0 Å². The first-order valence-electron chi connectivity index (χ1n) is 6.45. The number of hydrogen-bond donors (Lipinski definition) is 3. The highest BCUT2D eigenvalue weighted by Gasteiger charge is 2.17. The molecule has 0 bridgehead atoms. The number of benzene rings is 1. The minimum Gasteiger partial charge on any atom is -0.366 e. The minimum atomic E-state index is -0.459. The van der Waals surface area contributed by atoms with Crippen LogP contribution in [0.25, 0.3) is 33.2 Å². The number of nitrogens with one attached hydrogen (secondary N) is 2. The molecule has 0 fully saturated rings. The van der Waals surface area contributed by atoms with E-state index in [1.807, 2.05) is 18.2 Å². The van der Waals surface area contributed by atoms with Gasteiger partial charge in [-0.15, -0.1) is 0 Å². The molecule has 0 radical (unpaired) electrons. The average molecular weight is 277 g/mol. The number of nitrogens with zero attached hydrogens (tertiary/aromatic N) is 2. The summed E-state index contributed by atoms with van der Waals surface area (Å²) in [7, 11) is 0. The van der Waals surface area contributed by atoms with Crippen LogP contribution in [-0.4, -0.2) is 26.1 Å². The molecule has 3 heterocycles. The Balaban J connectivity index is 2.20. The van der Waals surface area contributed by atoms with Crippen LogP contribution in [0.3, 0.4) is 0 Å². The zero-order valence-electron chi connectivity index (χ0n) is 10.9. The first kappa shape index (κ1) is 11.7. The number of carbonyl (C=O) groups excluding carboxylic acids is 1. The highest BCUT2D eigenvalue weighted by molar-refractivity contribution is 6.11. The third kappa shape index (κ3) is 1.62. The van der Waals surface area contributed by atoms with Crippen molar-refractivity contribution in [3.05, 3.63) is 48.3 Å². The van der Waals surface area contributed by atoms with Crippen LogP contribution >= 0.6 is 0 Å². The molecule has 0 aliphatic rings. The van der Waals surface area contributed by atoms with Gasteiger partial charge in [0, 0.05) is 28.9 Å². The van der Waals surface area contributed by atoms with E-state index in [2.05, 4.69) is 20.2 Å². The smallest absolute Gasteiger partial charge is 0.249 e. The molecule has 4 rings (SSSR count). The van der Waals surface area contributed by atoms with Crippen molar-refractivity contribution < 1.29 is 4.79 Å². The predicted octanol–water partition coefficient (Wildman–Crippen LogP) is 2.21. The molecule has 6 heteroatoms. The molecule has 0 saturated heterocycles. The minimum absolute atomic E-state index is 0.459. The summed E-state index contributed by atoms with van der Waals surface area (Å²) < 4.78 is 0. The summed E-state index contributed by atoms with van der Waals surface area (Å²) in [6, 6.07) is 9.16. The van der Waals surface area contributed by atoms with Gasteiger partial charge in [-0.3, -0.25) is 9.89 Å². The molecule has 4 N–H and O–H groups in total. The fourth-order valence-corrected chi connectivity index (χ4v) is 2.65. The van der Waals surface area contributed by atoms with Crippen LogP contribution in [0.2, 0.25) is 0 Å². The number of aromatic nitrogens is 4. The van der Waals surface area contributed by atoms with Gasteiger partial charge in [0.1, 0.15) is 5.52 Å². The number of H-pyrrole nitrogens is 2. The van der Waals surface area contributed by atoms with Crippen LogP contribution in [0.15, 0.2) is 42.7 Å². The van der Waals surface area contributed by atoms with Gasteiger partial charge < -0.3 is 10.8 Å². The van der Waals surface area contributed by atoms with Gasteiger partial charge in [0.15, 0.2) is 5.65 Å². The van der Waals surface area contributed by atoms with E-state index in [-0.39, 0.29) is 0 Å². The number of nitrogens with two attached hydrogens (primary N) is 1. The molecule has 0 saturated carbocycles.